The minimum atomic E-state index is -3.39. The lowest BCUT2D eigenvalue weighted by molar-refractivity contribution is 0.0956. The number of carbonyl (C=O) groups is 1. The van der Waals surface area contributed by atoms with E-state index in [1.54, 1.807) is 12.1 Å². The minimum absolute atomic E-state index is 0.00976. The largest absolute Gasteiger partial charge is 0.495 e. The summed E-state index contributed by atoms with van der Waals surface area (Å²) >= 11 is 5.52. The number of benzene rings is 1. The quantitative estimate of drug-likeness (QED) is 0.602. The van der Waals surface area contributed by atoms with E-state index in [0.29, 0.717) is 17.0 Å². The zero-order valence-corrected chi connectivity index (χ0v) is 12.8. The first-order chi connectivity index (χ1) is 9.27. The van der Waals surface area contributed by atoms with Gasteiger partial charge in [0.05, 0.1) is 18.6 Å². The Morgan fingerprint density at radius 1 is 1.50 bits per heavy atom. The molecule has 8 heteroatoms. The predicted molar refractivity (Wildman–Crippen MR) is 78.8 cm³/mol. The molecular weight excluding hydrogens is 304 g/mol. The molecule has 1 aromatic carbocycles. The Bertz CT molecular complexity index is 587. The number of hydrogen-bond acceptors (Lipinski definition) is 5. The van der Waals surface area contributed by atoms with Crippen LogP contribution in [-0.4, -0.2) is 38.4 Å². The average Bonchev–Trinajstić information content (AvgIpc) is 2.38. The van der Waals surface area contributed by atoms with Crippen LogP contribution in [0.3, 0.4) is 0 Å². The summed E-state index contributed by atoms with van der Waals surface area (Å²) in [6, 6.07) is 4.58. The van der Waals surface area contributed by atoms with Gasteiger partial charge in [0.2, 0.25) is 0 Å². The molecule has 1 aromatic rings. The Morgan fingerprint density at radius 2 is 2.15 bits per heavy atom. The van der Waals surface area contributed by atoms with Gasteiger partial charge in [-0.1, -0.05) is 0 Å². The van der Waals surface area contributed by atoms with Crippen LogP contribution in [0.4, 0.5) is 5.69 Å². The first-order valence-electron chi connectivity index (χ1n) is 5.85. The maximum atomic E-state index is 11.8. The lowest BCUT2D eigenvalue weighted by atomic mass is 10.2. The second-order valence-corrected chi connectivity index (χ2v) is 7.48. The van der Waals surface area contributed by atoms with Gasteiger partial charge in [-0.15, -0.1) is 11.6 Å². The highest BCUT2D eigenvalue weighted by molar-refractivity contribution is 7.93. The molecule has 0 spiro atoms. The summed E-state index contributed by atoms with van der Waals surface area (Å²) < 4.78 is 26.9. The zero-order chi connectivity index (χ0) is 15.3. The highest BCUT2D eigenvalue weighted by Crippen LogP contribution is 2.21. The van der Waals surface area contributed by atoms with E-state index in [9.17, 15) is 13.2 Å². The molecule has 0 saturated heterocycles. The van der Waals surface area contributed by atoms with Crippen molar-refractivity contribution in [3.05, 3.63) is 23.8 Å². The number of methoxy groups -OCH3 is 1. The van der Waals surface area contributed by atoms with E-state index >= 15 is 0 Å². The molecule has 112 valence electrons. The van der Waals surface area contributed by atoms with Gasteiger partial charge in [-0.05, 0) is 25.1 Å². The van der Waals surface area contributed by atoms with Gasteiger partial charge >= 0.3 is 0 Å². The van der Waals surface area contributed by atoms with Crippen LogP contribution >= 0.6 is 11.6 Å². The maximum absolute atomic E-state index is 11.8. The first-order valence-corrected chi connectivity index (χ1v) is 8.00. The van der Waals surface area contributed by atoms with E-state index in [1.807, 2.05) is 0 Å². The Balaban J connectivity index is 2.62. The van der Waals surface area contributed by atoms with Gasteiger partial charge in [-0.2, -0.15) is 0 Å². The van der Waals surface area contributed by atoms with Gasteiger partial charge in [-0.25, -0.2) is 8.42 Å². The molecule has 0 bridgehead atoms. The van der Waals surface area contributed by atoms with Crippen molar-refractivity contribution in [1.82, 2.24) is 5.32 Å². The monoisotopic (exact) mass is 320 g/mol. The number of ether oxygens (including phenoxy) is 1. The summed E-state index contributed by atoms with van der Waals surface area (Å²) in [6.07, 6.45) is 0. The highest BCUT2D eigenvalue weighted by Gasteiger charge is 2.18. The number of sulfone groups is 1. The molecule has 0 radical (unpaired) electrons. The van der Waals surface area contributed by atoms with E-state index < -0.39 is 20.5 Å². The van der Waals surface area contributed by atoms with E-state index in [-0.39, 0.29) is 12.3 Å². The average molecular weight is 321 g/mol. The third-order valence-corrected chi connectivity index (χ3v) is 5.24. The smallest absolute Gasteiger partial charge is 0.251 e. The Labute approximate surface area is 123 Å². The summed E-state index contributed by atoms with van der Waals surface area (Å²) in [5.41, 5.74) is 6.36. The van der Waals surface area contributed by atoms with Crippen LogP contribution in [0, 0.1) is 0 Å². The highest BCUT2D eigenvalue weighted by atomic mass is 35.5. The van der Waals surface area contributed by atoms with Crippen molar-refractivity contribution < 1.29 is 17.9 Å². The molecule has 0 aliphatic heterocycles. The van der Waals surface area contributed by atoms with Crippen molar-refractivity contribution in [2.45, 2.75) is 11.6 Å². The molecule has 0 fully saturated rings. The molecule has 1 rings (SSSR count). The number of carbonyl (C=O) groups excluding carboxylic acids is 1. The van der Waals surface area contributed by atoms with Crippen LogP contribution < -0.4 is 15.8 Å². The van der Waals surface area contributed by atoms with E-state index in [2.05, 4.69) is 5.32 Å². The van der Waals surface area contributed by atoms with Crippen LogP contribution in [-0.2, 0) is 9.84 Å². The fraction of sp³-hybridized carbons (Fsp3) is 0.417. The number of rotatable bonds is 6. The van der Waals surface area contributed by atoms with Crippen LogP contribution in [0.25, 0.3) is 0 Å². The number of nitrogens with one attached hydrogen (secondary N) is 1. The van der Waals surface area contributed by atoms with Crippen LogP contribution in [0.5, 0.6) is 5.75 Å². The molecule has 0 aromatic heterocycles. The fourth-order valence-electron chi connectivity index (χ4n) is 1.45. The molecule has 0 aliphatic rings. The zero-order valence-electron chi connectivity index (χ0n) is 11.2. The number of alkyl halides is 1. The lowest BCUT2D eigenvalue weighted by Crippen LogP contribution is -2.31. The number of nitrogens with two attached hydrogens (primary N) is 1. The molecule has 20 heavy (non-hydrogen) atoms. The topological polar surface area (TPSA) is 98.5 Å². The van der Waals surface area contributed by atoms with Crippen LogP contribution in [0.2, 0.25) is 0 Å². The third-order valence-electron chi connectivity index (χ3n) is 2.66. The summed E-state index contributed by atoms with van der Waals surface area (Å²) in [5.74, 6) is -0.147. The molecule has 3 N–H and O–H groups in total. The van der Waals surface area contributed by atoms with Crippen molar-refractivity contribution in [1.29, 1.82) is 0 Å². The normalized spacial score (nSPS) is 12.8. The summed E-state index contributed by atoms with van der Waals surface area (Å²) in [7, 11) is -1.91. The predicted octanol–water partition coefficient (Wildman–Crippen LogP) is 1.01. The number of amides is 1. The molecule has 0 heterocycles. The van der Waals surface area contributed by atoms with E-state index in [1.165, 1.54) is 20.1 Å². The number of hydrogen-bond donors (Lipinski definition) is 2. The van der Waals surface area contributed by atoms with Crippen molar-refractivity contribution >= 4 is 33.0 Å². The minimum Gasteiger partial charge on any atom is -0.495 e. The van der Waals surface area contributed by atoms with Gasteiger partial charge in [0.15, 0.2) is 9.84 Å². The Hall–Kier alpha value is -1.47. The van der Waals surface area contributed by atoms with Gasteiger partial charge in [0, 0.05) is 12.1 Å². The molecule has 6 nitrogen and oxygen atoms in total. The van der Waals surface area contributed by atoms with Crippen molar-refractivity contribution in [3.63, 3.8) is 0 Å². The van der Waals surface area contributed by atoms with E-state index in [4.69, 9.17) is 22.1 Å². The summed E-state index contributed by atoms with van der Waals surface area (Å²) in [4.78, 5) is 11.8. The number of nitrogen functional groups attached to an aromatic ring is 1. The molecule has 1 unspecified atom stereocenters. The molecule has 1 atom stereocenters. The SMILES string of the molecule is COc1ccc(C(=O)NCCS(=O)(=O)C(C)Cl)cc1N. The van der Waals surface area contributed by atoms with Crippen molar-refractivity contribution in [2.75, 3.05) is 25.1 Å². The number of anilines is 1. The molecule has 0 aliphatic carbocycles. The molecule has 0 saturated carbocycles. The second-order valence-electron chi connectivity index (χ2n) is 4.12. The van der Waals surface area contributed by atoms with Crippen molar-refractivity contribution in [3.8, 4) is 5.75 Å². The Kier molecular flexibility index (Phi) is 5.64. The van der Waals surface area contributed by atoms with Crippen LogP contribution in [0.15, 0.2) is 18.2 Å². The van der Waals surface area contributed by atoms with Gasteiger partial charge in [-0.3, -0.25) is 4.79 Å². The van der Waals surface area contributed by atoms with E-state index in [0.717, 1.165) is 0 Å². The first kappa shape index (κ1) is 16.6. The summed E-state index contributed by atoms with van der Waals surface area (Å²) in [5, 5.41) is 2.50. The lowest BCUT2D eigenvalue weighted by Gasteiger charge is -2.09. The number of halogens is 1. The standard InChI is InChI=1S/C12H17ClN2O4S/c1-8(13)20(17,18)6-5-15-12(16)9-3-4-11(19-2)10(14)7-9/h3-4,7-8H,5-6,14H2,1-2H3,(H,15,16). The van der Waals surface area contributed by atoms with Gasteiger partial charge in [0.25, 0.3) is 5.91 Å². The second kappa shape index (κ2) is 6.81. The third kappa shape index (κ3) is 4.28. The fourth-order valence-corrected chi connectivity index (χ4v) is 2.43. The van der Waals surface area contributed by atoms with Crippen LogP contribution in [0.1, 0.15) is 17.3 Å². The van der Waals surface area contributed by atoms with Crippen molar-refractivity contribution in [2.24, 2.45) is 0 Å². The Morgan fingerprint density at radius 3 is 2.65 bits per heavy atom. The van der Waals surface area contributed by atoms with Gasteiger partial charge in [0.1, 0.15) is 10.5 Å². The van der Waals surface area contributed by atoms with Gasteiger partial charge < -0.3 is 15.8 Å². The summed E-state index contributed by atoms with van der Waals surface area (Å²) in [6.45, 7) is 1.37. The molecule has 1 amide bonds. The maximum Gasteiger partial charge on any atom is 0.251 e. The molecular formula is C12H17ClN2O4S.